The number of nitrogens with zero attached hydrogens (tertiary/aromatic N) is 4. The molecule has 4 rings (SSSR count). The van der Waals surface area contributed by atoms with E-state index in [1.165, 1.54) is 12.5 Å². The Morgan fingerprint density at radius 2 is 2.21 bits per heavy atom. The van der Waals surface area contributed by atoms with Crippen LogP contribution in [0.25, 0.3) is 10.2 Å². The summed E-state index contributed by atoms with van der Waals surface area (Å²) in [5.74, 6) is 0.607. The molecular formula is C19H21N5O3S. The Morgan fingerprint density at radius 3 is 2.89 bits per heavy atom. The van der Waals surface area contributed by atoms with Crippen LogP contribution in [0.4, 0.5) is 10.8 Å². The van der Waals surface area contributed by atoms with E-state index in [1.807, 2.05) is 12.1 Å². The lowest BCUT2D eigenvalue weighted by Crippen LogP contribution is -2.34. The molecule has 1 fully saturated rings. The molecule has 8 nitrogen and oxygen atoms in total. The van der Waals surface area contributed by atoms with Crippen LogP contribution < -0.4 is 15.0 Å². The van der Waals surface area contributed by atoms with Gasteiger partial charge in [0.25, 0.3) is 5.91 Å². The van der Waals surface area contributed by atoms with E-state index in [2.05, 4.69) is 20.2 Å². The van der Waals surface area contributed by atoms with E-state index in [0.29, 0.717) is 17.4 Å². The van der Waals surface area contributed by atoms with Crippen LogP contribution in [0.3, 0.4) is 0 Å². The number of anilines is 2. The molecule has 2 N–H and O–H groups in total. The molecule has 1 amide bonds. The van der Waals surface area contributed by atoms with Crippen LogP contribution in [0.15, 0.2) is 30.7 Å². The first kappa shape index (κ1) is 18.6. The van der Waals surface area contributed by atoms with Crippen molar-refractivity contribution < 1.29 is 14.6 Å². The van der Waals surface area contributed by atoms with Crippen LogP contribution in [0.5, 0.6) is 5.75 Å². The lowest BCUT2D eigenvalue weighted by atomic mass is 9.98. The van der Waals surface area contributed by atoms with Crippen molar-refractivity contribution in [3.63, 3.8) is 0 Å². The van der Waals surface area contributed by atoms with Gasteiger partial charge < -0.3 is 20.1 Å². The third-order valence-corrected chi connectivity index (χ3v) is 5.98. The number of piperidine rings is 1. The molecule has 28 heavy (non-hydrogen) atoms. The van der Waals surface area contributed by atoms with Gasteiger partial charge in [0.2, 0.25) is 0 Å². The zero-order valence-electron chi connectivity index (χ0n) is 15.5. The second-order valence-corrected chi connectivity index (χ2v) is 7.69. The Morgan fingerprint density at radius 1 is 1.39 bits per heavy atom. The number of amides is 1. The fraction of sp³-hybridized carbons (Fsp3) is 0.368. The summed E-state index contributed by atoms with van der Waals surface area (Å²) >= 11 is 1.59. The van der Waals surface area contributed by atoms with Crippen LogP contribution in [0.2, 0.25) is 0 Å². The largest absolute Gasteiger partial charge is 0.494 e. The van der Waals surface area contributed by atoms with Crippen molar-refractivity contribution >= 4 is 38.3 Å². The average molecular weight is 399 g/mol. The number of hydrogen-bond donors (Lipinski definition) is 2. The van der Waals surface area contributed by atoms with Gasteiger partial charge in [-0.25, -0.2) is 15.0 Å². The van der Waals surface area contributed by atoms with Gasteiger partial charge in [0.1, 0.15) is 17.8 Å². The highest BCUT2D eigenvalue weighted by atomic mass is 32.1. The number of aliphatic hydroxyl groups is 1. The number of methoxy groups -OCH3 is 1. The number of benzene rings is 1. The van der Waals surface area contributed by atoms with Crippen LogP contribution in [-0.4, -0.2) is 52.8 Å². The monoisotopic (exact) mass is 399 g/mol. The number of thiazole rings is 1. The molecule has 0 spiro atoms. The van der Waals surface area contributed by atoms with Gasteiger partial charge in [0.05, 0.1) is 23.0 Å². The van der Waals surface area contributed by atoms with E-state index >= 15 is 0 Å². The third kappa shape index (κ3) is 3.76. The van der Waals surface area contributed by atoms with Crippen molar-refractivity contribution in [3.05, 3.63) is 36.4 Å². The van der Waals surface area contributed by atoms with Crippen LogP contribution in [0.1, 0.15) is 23.3 Å². The molecule has 0 saturated carbocycles. The Bertz CT molecular complexity index is 970. The second kappa shape index (κ2) is 8.07. The molecule has 0 atom stereocenters. The summed E-state index contributed by atoms with van der Waals surface area (Å²) < 4.78 is 6.42. The zero-order chi connectivity index (χ0) is 19.5. The van der Waals surface area contributed by atoms with Crippen molar-refractivity contribution in [1.29, 1.82) is 0 Å². The van der Waals surface area contributed by atoms with Crippen LogP contribution in [-0.2, 0) is 0 Å². The van der Waals surface area contributed by atoms with Gasteiger partial charge in [-0.1, -0.05) is 11.3 Å². The van der Waals surface area contributed by atoms with Gasteiger partial charge in [-0.2, -0.15) is 0 Å². The lowest BCUT2D eigenvalue weighted by molar-refractivity contribution is 0.102. The minimum atomic E-state index is -0.323. The lowest BCUT2D eigenvalue weighted by Gasteiger charge is -2.30. The third-order valence-electron chi connectivity index (χ3n) is 4.90. The molecule has 1 saturated heterocycles. The number of nitrogens with one attached hydrogen (secondary N) is 1. The minimum absolute atomic E-state index is 0.250. The summed E-state index contributed by atoms with van der Waals surface area (Å²) in [5, 5.41) is 13.1. The van der Waals surface area contributed by atoms with Crippen molar-refractivity contribution in [2.45, 2.75) is 12.8 Å². The molecule has 2 aromatic heterocycles. The summed E-state index contributed by atoms with van der Waals surface area (Å²) in [6, 6.07) is 5.28. The van der Waals surface area contributed by atoms with Gasteiger partial charge in [-0.3, -0.25) is 4.79 Å². The molecule has 0 unspecified atom stereocenters. The number of rotatable bonds is 5. The van der Waals surface area contributed by atoms with Crippen molar-refractivity contribution in [2.75, 3.05) is 37.0 Å². The van der Waals surface area contributed by atoms with Crippen molar-refractivity contribution in [3.8, 4) is 5.75 Å². The summed E-state index contributed by atoms with van der Waals surface area (Å²) in [7, 11) is 1.56. The first-order chi connectivity index (χ1) is 13.7. The Balaban J connectivity index is 1.59. The molecule has 3 heterocycles. The topological polar surface area (TPSA) is 100 Å². The Kier molecular flexibility index (Phi) is 5.36. The summed E-state index contributed by atoms with van der Waals surface area (Å²) in [6.45, 7) is 2.03. The number of aliphatic hydroxyl groups excluding tert-OH is 1. The maximum absolute atomic E-state index is 12.4. The maximum Gasteiger partial charge on any atom is 0.274 e. The minimum Gasteiger partial charge on any atom is -0.494 e. The normalized spacial score (nSPS) is 15.0. The number of carbonyl (C=O) groups excluding carboxylic acids is 1. The molecule has 1 aliphatic heterocycles. The van der Waals surface area contributed by atoms with Crippen LogP contribution >= 0.6 is 11.3 Å². The predicted molar refractivity (Wildman–Crippen MR) is 108 cm³/mol. The van der Waals surface area contributed by atoms with E-state index in [9.17, 15) is 9.90 Å². The molecule has 3 aromatic rings. The number of carbonyl (C=O) groups is 1. The van der Waals surface area contributed by atoms with Gasteiger partial charge in [-0.05, 0) is 30.9 Å². The van der Waals surface area contributed by atoms with E-state index in [-0.39, 0.29) is 18.2 Å². The summed E-state index contributed by atoms with van der Waals surface area (Å²) in [6.07, 6.45) is 4.80. The fourth-order valence-corrected chi connectivity index (χ4v) is 4.30. The predicted octanol–water partition coefficient (Wildman–Crippen LogP) is 2.56. The van der Waals surface area contributed by atoms with Gasteiger partial charge in [0.15, 0.2) is 5.13 Å². The van der Waals surface area contributed by atoms with Crippen LogP contribution in [0, 0.1) is 5.92 Å². The molecule has 146 valence electrons. The first-order valence-electron chi connectivity index (χ1n) is 9.09. The highest BCUT2D eigenvalue weighted by Gasteiger charge is 2.22. The highest BCUT2D eigenvalue weighted by molar-refractivity contribution is 7.22. The van der Waals surface area contributed by atoms with E-state index in [0.717, 1.165) is 41.3 Å². The number of aromatic nitrogens is 3. The molecular weight excluding hydrogens is 378 g/mol. The molecule has 9 heteroatoms. The number of fused-ring (bicyclic) bond motifs is 1. The van der Waals surface area contributed by atoms with Crippen molar-refractivity contribution in [2.24, 2.45) is 5.92 Å². The number of ether oxygens (including phenoxy) is 1. The Hall–Kier alpha value is -2.78. The molecule has 0 aliphatic carbocycles. The first-order valence-corrected chi connectivity index (χ1v) is 9.91. The number of hydrogen-bond acceptors (Lipinski definition) is 8. The van der Waals surface area contributed by atoms with Crippen molar-refractivity contribution in [1.82, 2.24) is 15.0 Å². The Labute approximate surface area is 166 Å². The summed E-state index contributed by atoms with van der Waals surface area (Å²) in [5.41, 5.74) is 1.70. The second-order valence-electron chi connectivity index (χ2n) is 6.68. The highest BCUT2D eigenvalue weighted by Crippen LogP contribution is 2.37. The standard InChI is InChI=1S/C19H21N5O3S/c1-27-16-8-15-17(9-14(16)22-18(26)13-2-5-20-11-21-13)28-19(23-15)24-6-3-12(10-25)4-7-24/h2,5,8-9,11-12,25H,3-4,6-7,10H2,1H3,(H,22,26). The van der Waals surface area contributed by atoms with Gasteiger partial charge in [-0.15, -0.1) is 0 Å². The molecule has 1 aliphatic rings. The molecule has 0 bridgehead atoms. The maximum atomic E-state index is 12.4. The summed E-state index contributed by atoms with van der Waals surface area (Å²) in [4.78, 5) is 27.2. The quantitative estimate of drug-likeness (QED) is 0.680. The smallest absolute Gasteiger partial charge is 0.274 e. The zero-order valence-corrected chi connectivity index (χ0v) is 16.3. The fourth-order valence-electron chi connectivity index (χ4n) is 3.26. The van der Waals surface area contributed by atoms with Gasteiger partial charge in [0, 0.05) is 32.0 Å². The molecule has 0 radical (unpaired) electrons. The SMILES string of the molecule is COc1cc2nc(N3CCC(CO)CC3)sc2cc1NC(=O)c1ccncn1. The van der Waals surface area contributed by atoms with E-state index < -0.39 is 0 Å². The average Bonchev–Trinajstić information content (AvgIpc) is 3.16. The van der Waals surface area contributed by atoms with Gasteiger partial charge >= 0.3 is 0 Å². The van der Waals surface area contributed by atoms with E-state index in [1.54, 1.807) is 24.5 Å². The molecule has 1 aromatic carbocycles. The van der Waals surface area contributed by atoms with E-state index in [4.69, 9.17) is 9.72 Å².